The van der Waals surface area contributed by atoms with E-state index in [0.29, 0.717) is 12.3 Å². The maximum Gasteiger partial charge on any atom is 0.330 e. The van der Waals surface area contributed by atoms with Crippen molar-refractivity contribution >= 4 is 5.97 Å². The van der Waals surface area contributed by atoms with Crippen LogP contribution in [0.15, 0.2) is 55.1 Å². The molecule has 35 heavy (non-hydrogen) atoms. The Morgan fingerprint density at radius 1 is 1.09 bits per heavy atom. The molecule has 1 fully saturated rings. The molecule has 0 radical (unpaired) electrons. The van der Waals surface area contributed by atoms with Crippen LogP contribution in [-0.4, -0.2) is 37.5 Å². The number of carbonyl (C=O) groups excluding carboxylic acids is 1. The lowest BCUT2D eigenvalue weighted by Crippen LogP contribution is -2.20. The maximum atomic E-state index is 11.2. The summed E-state index contributed by atoms with van der Waals surface area (Å²) >= 11 is 0. The van der Waals surface area contributed by atoms with Gasteiger partial charge < -0.3 is 19.3 Å². The van der Waals surface area contributed by atoms with Gasteiger partial charge in [0.15, 0.2) is 0 Å². The second kappa shape index (κ2) is 14.7. The van der Waals surface area contributed by atoms with E-state index in [9.17, 15) is 9.90 Å². The van der Waals surface area contributed by atoms with Gasteiger partial charge in [-0.3, -0.25) is 0 Å². The van der Waals surface area contributed by atoms with Gasteiger partial charge in [0.05, 0.1) is 12.7 Å². The molecule has 3 rings (SSSR count). The normalized spacial score (nSPS) is 17.7. The van der Waals surface area contributed by atoms with Gasteiger partial charge in [-0.1, -0.05) is 69.2 Å². The summed E-state index contributed by atoms with van der Waals surface area (Å²) in [5.41, 5.74) is 4.43. The van der Waals surface area contributed by atoms with E-state index >= 15 is 0 Å². The van der Waals surface area contributed by atoms with Gasteiger partial charge in [0.25, 0.3) is 0 Å². The van der Waals surface area contributed by atoms with E-state index in [4.69, 9.17) is 14.2 Å². The smallest absolute Gasteiger partial charge is 0.330 e. The topological polar surface area (TPSA) is 65.0 Å². The van der Waals surface area contributed by atoms with Crippen LogP contribution in [-0.2, 0) is 20.7 Å². The van der Waals surface area contributed by atoms with E-state index in [1.54, 1.807) is 0 Å². The molecular formula is C30H40O5. The standard InChI is InChI=1S/C30H40O5/c1-3-5-6-8-23-10-17-28(35-22-23)26-13-11-24(12-14-26)27-16-15-25(9-7-18-31)29(21-27)33-19-20-34-30(32)4-2/h4,11-16,21,23,28,31H,2-3,5-10,17-20,22H2,1H3. The highest BCUT2D eigenvalue weighted by Gasteiger charge is 2.22. The Morgan fingerprint density at radius 3 is 2.57 bits per heavy atom. The molecule has 2 unspecified atom stereocenters. The lowest BCUT2D eigenvalue weighted by molar-refractivity contribution is -0.138. The first-order valence-corrected chi connectivity index (χ1v) is 13.0. The van der Waals surface area contributed by atoms with Crippen LogP contribution in [0.2, 0.25) is 0 Å². The predicted molar refractivity (Wildman–Crippen MR) is 139 cm³/mol. The monoisotopic (exact) mass is 480 g/mol. The van der Waals surface area contributed by atoms with Crippen molar-refractivity contribution in [3.8, 4) is 16.9 Å². The summed E-state index contributed by atoms with van der Waals surface area (Å²) in [5, 5.41) is 9.23. The van der Waals surface area contributed by atoms with Gasteiger partial charge >= 0.3 is 5.97 Å². The minimum absolute atomic E-state index is 0.127. The molecule has 1 aliphatic heterocycles. The highest BCUT2D eigenvalue weighted by Crippen LogP contribution is 2.34. The fraction of sp³-hybridized carbons (Fsp3) is 0.500. The number of rotatable bonds is 14. The molecule has 1 aliphatic rings. The zero-order valence-corrected chi connectivity index (χ0v) is 21.0. The van der Waals surface area contributed by atoms with Crippen molar-refractivity contribution < 1.29 is 24.1 Å². The van der Waals surface area contributed by atoms with Crippen LogP contribution in [0.25, 0.3) is 11.1 Å². The van der Waals surface area contributed by atoms with Crippen molar-refractivity contribution in [2.75, 3.05) is 26.4 Å². The van der Waals surface area contributed by atoms with Crippen LogP contribution >= 0.6 is 0 Å². The number of esters is 1. The van der Waals surface area contributed by atoms with Gasteiger partial charge in [0.2, 0.25) is 0 Å². The molecule has 2 atom stereocenters. The number of ether oxygens (including phenoxy) is 3. The van der Waals surface area contributed by atoms with Crippen LogP contribution in [0.3, 0.4) is 0 Å². The Hall–Kier alpha value is -2.63. The molecule has 0 spiro atoms. The van der Waals surface area contributed by atoms with Gasteiger partial charge in [-0.05, 0) is 66.3 Å². The average Bonchev–Trinajstić information content (AvgIpc) is 2.90. The Labute approximate surface area is 210 Å². The summed E-state index contributed by atoms with van der Waals surface area (Å²) in [4.78, 5) is 11.2. The molecule has 5 heteroatoms. The third-order valence-corrected chi connectivity index (χ3v) is 6.63. The summed E-state index contributed by atoms with van der Waals surface area (Å²) in [6.45, 7) is 7.06. The Balaban J connectivity index is 1.62. The van der Waals surface area contributed by atoms with E-state index in [0.717, 1.165) is 48.0 Å². The number of benzene rings is 2. The lowest BCUT2D eigenvalue weighted by atomic mass is 9.90. The third-order valence-electron chi connectivity index (χ3n) is 6.63. The molecule has 190 valence electrons. The van der Waals surface area contributed by atoms with Gasteiger partial charge in [-0.25, -0.2) is 4.79 Å². The largest absolute Gasteiger partial charge is 0.490 e. The van der Waals surface area contributed by atoms with Crippen LogP contribution in [0.1, 0.15) is 69.1 Å². The van der Waals surface area contributed by atoms with Crippen molar-refractivity contribution in [2.24, 2.45) is 5.92 Å². The van der Waals surface area contributed by atoms with Crippen molar-refractivity contribution in [1.29, 1.82) is 0 Å². The first-order valence-electron chi connectivity index (χ1n) is 13.0. The quantitative estimate of drug-likeness (QED) is 0.192. The molecule has 0 aliphatic carbocycles. The van der Waals surface area contributed by atoms with E-state index in [1.807, 2.05) is 12.1 Å². The van der Waals surface area contributed by atoms with Crippen LogP contribution in [0, 0.1) is 5.92 Å². The molecule has 0 bridgehead atoms. The molecule has 2 aromatic carbocycles. The summed E-state index contributed by atoms with van der Waals surface area (Å²) in [5.74, 6) is 0.997. The van der Waals surface area contributed by atoms with Gasteiger partial charge in [-0.2, -0.15) is 0 Å². The fourth-order valence-corrected chi connectivity index (χ4v) is 4.57. The number of aliphatic hydroxyl groups is 1. The lowest BCUT2D eigenvalue weighted by Gasteiger charge is -2.29. The summed E-state index contributed by atoms with van der Waals surface area (Å²) in [6.07, 6.45) is 10.2. The van der Waals surface area contributed by atoms with Crippen LogP contribution < -0.4 is 4.74 Å². The number of aryl methyl sites for hydroxylation is 1. The Kier molecular flexibility index (Phi) is 11.3. The number of hydrogen-bond donors (Lipinski definition) is 1. The van der Waals surface area contributed by atoms with Gasteiger partial charge in [0, 0.05) is 12.7 Å². The summed E-state index contributed by atoms with van der Waals surface area (Å²) in [6, 6.07) is 14.8. The second-order valence-electron chi connectivity index (χ2n) is 9.25. The molecule has 0 aromatic heterocycles. The fourth-order valence-electron chi connectivity index (χ4n) is 4.57. The highest BCUT2D eigenvalue weighted by atomic mass is 16.6. The SMILES string of the molecule is C=CC(=O)OCCOc1cc(-c2ccc(C3CCC(CCCCC)CO3)cc2)ccc1CCCO. The maximum absolute atomic E-state index is 11.2. The zero-order valence-electron chi connectivity index (χ0n) is 21.0. The zero-order chi connectivity index (χ0) is 24.9. The molecule has 0 saturated carbocycles. The van der Waals surface area contributed by atoms with Gasteiger partial charge in [0.1, 0.15) is 19.0 Å². The minimum atomic E-state index is -0.461. The molecule has 2 aromatic rings. The average molecular weight is 481 g/mol. The van der Waals surface area contributed by atoms with Crippen LogP contribution in [0.4, 0.5) is 0 Å². The molecule has 0 amide bonds. The van der Waals surface area contributed by atoms with E-state index in [-0.39, 0.29) is 25.9 Å². The van der Waals surface area contributed by atoms with E-state index < -0.39 is 5.97 Å². The minimum Gasteiger partial charge on any atom is -0.490 e. The van der Waals surface area contributed by atoms with Crippen LogP contribution in [0.5, 0.6) is 5.75 Å². The molecule has 1 N–H and O–H groups in total. The summed E-state index contributed by atoms with van der Waals surface area (Å²) in [7, 11) is 0. The first-order chi connectivity index (χ1) is 17.1. The highest BCUT2D eigenvalue weighted by molar-refractivity contribution is 5.81. The second-order valence-corrected chi connectivity index (χ2v) is 9.25. The first kappa shape index (κ1) is 27.0. The number of aliphatic hydroxyl groups excluding tert-OH is 1. The van der Waals surface area contributed by atoms with E-state index in [2.05, 4.69) is 43.8 Å². The molecule has 1 heterocycles. The summed E-state index contributed by atoms with van der Waals surface area (Å²) < 4.78 is 17.2. The number of unbranched alkanes of at least 4 members (excludes halogenated alkanes) is 2. The van der Waals surface area contributed by atoms with Crippen molar-refractivity contribution in [3.63, 3.8) is 0 Å². The predicted octanol–water partition coefficient (Wildman–Crippen LogP) is 6.43. The Morgan fingerprint density at radius 2 is 1.89 bits per heavy atom. The van der Waals surface area contributed by atoms with E-state index in [1.165, 1.54) is 37.7 Å². The van der Waals surface area contributed by atoms with Gasteiger partial charge in [-0.15, -0.1) is 0 Å². The van der Waals surface area contributed by atoms with Crippen molar-refractivity contribution in [2.45, 2.75) is 64.4 Å². The molecular weight excluding hydrogens is 440 g/mol. The number of carbonyl (C=O) groups is 1. The van der Waals surface area contributed by atoms with Crippen molar-refractivity contribution in [1.82, 2.24) is 0 Å². The van der Waals surface area contributed by atoms with Crippen molar-refractivity contribution in [3.05, 3.63) is 66.2 Å². The third kappa shape index (κ3) is 8.52. The Bertz CT molecular complexity index is 913. The molecule has 5 nitrogen and oxygen atoms in total. The number of hydrogen-bond acceptors (Lipinski definition) is 5. The molecule has 1 saturated heterocycles.